The van der Waals surface area contributed by atoms with E-state index in [1.165, 1.54) is 4.90 Å². The van der Waals surface area contributed by atoms with Gasteiger partial charge in [0, 0.05) is 17.8 Å². The maximum atomic E-state index is 12.5. The van der Waals surface area contributed by atoms with Gasteiger partial charge in [0.2, 0.25) is 5.91 Å². The molecule has 6 heteroatoms. The highest BCUT2D eigenvalue weighted by Gasteiger charge is 2.23. The minimum atomic E-state index is -0.629. The van der Waals surface area contributed by atoms with Gasteiger partial charge in [-0.25, -0.2) is 0 Å². The zero-order valence-corrected chi connectivity index (χ0v) is 15.0. The minimum Gasteiger partial charge on any atom is -0.481 e. The lowest BCUT2D eigenvalue weighted by atomic mass is 10.2. The van der Waals surface area contributed by atoms with Crippen LogP contribution in [0.15, 0.2) is 54.6 Å². The van der Waals surface area contributed by atoms with Crippen LogP contribution < -0.4 is 10.1 Å². The fourth-order valence-corrected chi connectivity index (χ4v) is 2.37. The van der Waals surface area contributed by atoms with Crippen molar-refractivity contribution in [3.8, 4) is 5.75 Å². The van der Waals surface area contributed by atoms with Gasteiger partial charge in [0.25, 0.3) is 5.91 Å². The quantitative estimate of drug-likeness (QED) is 0.820. The van der Waals surface area contributed by atoms with Crippen molar-refractivity contribution in [2.24, 2.45) is 0 Å². The first kappa shape index (κ1) is 18.8. The summed E-state index contributed by atoms with van der Waals surface area (Å²) in [5.41, 5.74) is 0.628. The van der Waals surface area contributed by atoms with Crippen molar-refractivity contribution in [1.82, 2.24) is 4.90 Å². The predicted molar refractivity (Wildman–Crippen MR) is 98.9 cm³/mol. The van der Waals surface area contributed by atoms with E-state index in [1.54, 1.807) is 43.4 Å². The van der Waals surface area contributed by atoms with Crippen molar-refractivity contribution in [3.63, 3.8) is 0 Å². The first-order valence-electron chi connectivity index (χ1n) is 8.01. The number of likely N-dealkylation sites (N-methyl/N-ethyl adjacent to an activating group) is 1. The molecule has 0 saturated heterocycles. The summed E-state index contributed by atoms with van der Waals surface area (Å²) in [6, 6.07) is 15.9. The van der Waals surface area contributed by atoms with Gasteiger partial charge in [-0.05, 0) is 42.8 Å². The number of para-hydroxylation sites is 1. The molecule has 0 aliphatic heterocycles. The van der Waals surface area contributed by atoms with Crippen molar-refractivity contribution >= 4 is 29.1 Å². The van der Waals surface area contributed by atoms with Crippen LogP contribution in [0.2, 0.25) is 5.02 Å². The molecule has 0 saturated carbocycles. The number of amides is 2. The summed E-state index contributed by atoms with van der Waals surface area (Å²) in [4.78, 5) is 26.0. The molecule has 0 unspecified atom stereocenters. The number of nitrogens with zero attached hydrogens (tertiary/aromatic N) is 1. The SMILES string of the molecule is CC[C@@H](Oc1ccccc1)C(=O)N(C)CC(=O)Nc1ccc(Cl)cc1. The van der Waals surface area contributed by atoms with E-state index in [2.05, 4.69) is 5.32 Å². The number of carbonyl (C=O) groups excluding carboxylic acids is 2. The Balaban J connectivity index is 1.91. The molecular weight excluding hydrogens is 340 g/mol. The van der Waals surface area contributed by atoms with Gasteiger partial charge in [0.15, 0.2) is 6.10 Å². The molecule has 0 fully saturated rings. The van der Waals surface area contributed by atoms with Crippen LogP contribution in [0.3, 0.4) is 0 Å². The van der Waals surface area contributed by atoms with E-state index in [0.717, 1.165) is 0 Å². The summed E-state index contributed by atoms with van der Waals surface area (Å²) in [6.45, 7) is 1.81. The first-order chi connectivity index (χ1) is 12.0. The Morgan fingerprint density at radius 2 is 1.76 bits per heavy atom. The molecule has 132 valence electrons. The summed E-state index contributed by atoms with van der Waals surface area (Å²) in [5.74, 6) is 0.104. The molecule has 0 heterocycles. The third-order valence-electron chi connectivity index (χ3n) is 3.55. The smallest absolute Gasteiger partial charge is 0.263 e. The van der Waals surface area contributed by atoms with Crippen LogP contribution in [0.4, 0.5) is 5.69 Å². The van der Waals surface area contributed by atoms with Gasteiger partial charge < -0.3 is 15.0 Å². The molecule has 25 heavy (non-hydrogen) atoms. The number of nitrogens with one attached hydrogen (secondary N) is 1. The van der Waals surface area contributed by atoms with Gasteiger partial charge in [-0.3, -0.25) is 9.59 Å². The average Bonchev–Trinajstić information content (AvgIpc) is 2.61. The zero-order chi connectivity index (χ0) is 18.2. The van der Waals surface area contributed by atoms with Gasteiger partial charge >= 0.3 is 0 Å². The van der Waals surface area contributed by atoms with Gasteiger partial charge in [-0.15, -0.1) is 0 Å². The molecule has 2 amide bonds. The second-order valence-electron chi connectivity index (χ2n) is 5.58. The third kappa shape index (κ3) is 5.80. The van der Waals surface area contributed by atoms with Crippen molar-refractivity contribution in [2.75, 3.05) is 18.9 Å². The van der Waals surface area contributed by atoms with Crippen LogP contribution in [0.25, 0.3) is 0 Å². The van der Waals surface area contributed by atoms with E-state index in [4.69, 9.17) is 16.3 Å². The monoisotopic (exact) mass is 360 g/mol. The average molecular weight is 361 g/mol. The molecule has 0 spiro atoms. The van der Waals surface area contributed by atoms with Gasteiger partial charge in [0.1, 0.15) is 5.75 Å². The summed E-state index contributed by atoms with van der Waals surface area (Å²) < 4.78 is 5.72. The lowest BCUT2D eigenvalue weighted by molar-refractivity contribution is -0.139. The van der Waals surface area contributed by atoms with Gasteiger partial charge in [-0.1, -0.05) is 36.7 Å². The Morgan fingerprint density at radius 1 is 1.12 bits per heavy atom. The van der Waals surface area contributed by atoms with Gasteiger partial charge in [0.05, 0.1) is 6.54 Å². The molecule has 0 bridgehead atoms. The molecule has 2 aromatic carbocycles. The van der Waals surface area contributed by atoms with Crippen LogP contribution in [0.5, 0.6) is 5.75 Å². The molecule has 2 aromatic rings. The van der Waals surface area contributed by atoms with Crippen LogP contribution >= 0.6 is 11.6 Å². The Labute approximate surface area is 152 Å². The van der Waals surface area contributed by atoms with Crippen LogP contribution in [-0.4, -0.2) is 36.4 Å². The summed E-state index contributed by atoms with van der Waals surface area (Å²) in [5, 5.41) is 3.32. The van der Waals surface area contributed by atoms with E-state index < -0.39 is 6.10 Å². The Hall–Kier alpha value is -2.53. The first-order valence-corrected chi connectivity index (χ1v) is 8.39. The molecule has 1 N–H and O–H groups in total. The van der Waals surface area contributed by atoms with Crippen molar-refractivity contribution in [2.45, 2.75) is 19.4 Å². The summed E-state index contributed by atoms with van der Waals surface area (Å²) >= 11 is 5.81. The molecule has 0 aromatic heterocycles. The van der Waals surface area contributed by atoms with E-state index in [9.17, 15) is 9.59 Å². The maximum absolute atomic E-state index is 12.5. The fourth-order valence-electron chi connectivity index (χ4n) is 2.24. The molecule has 5 nitrogen and oxygen atoms in total. The lowest BCUT2D eigenvalue weighted by Gasteiger charge is -2.23. The van der Waals surface area contributed by atoms with Crippen molar-refractivity contribution in [3.05, 3.63) is 59.6 Å². The highest BCUT2D eigenvalue weighted by atomic mass is 35.5. The van der Waals surface area contributed by atoms with E-state index in [-0.39, 0.29) is 18.4 Å². The van der Waals surface area contributed by atoms with Crippen molar-refractivity contribution in [1.29, 1.82) is 0 Å². The normalized spacial score (nSPS) is 11.5. The molecule has 0 aliphatic rings. The number of halogens is 1. The number of benzene rings is 2. The van der Waals surface area contributed by atoms with Crippen LogP contribution in [0.1, 0.15) is 13.3 Å². The number of rotatable bonds is 7. The topological polar surface area (TPSA) is 58.6 Å². The largest absolute Gasteiger partial charge is 0.481 e. The third-order valence-corrected chi connectivity index (χ3v) is 3.80. The second-order valence-corrected chi connectivity index (χ2v) is 6.01. The molecule has 1 atom stereocenters. The van der Waals surface area contributed by atoms with E-state index in [1.807, 2.05) is 25.1 Å². The standard InChI is InChI=1S/C19H21ClN2O3/c1-3-17(25-16-7-5-4-6-8-16)19(24)22(2)13-18(23)21-15-11-9-14(20)10-12-15/h4-12,17H,3,13H2,1-2H3,(H,21,23)/t17-/m1/s1. The molecular formula is C19H21ClN2O3. The number of carbonyl (C=O) groups is 2. The van der Waals surface area contributed by atoms with Gasteiger partial charge in [-0.2, -0.15) is 0 Å². The lowest BCUT2D eigenvalue weighted by Crippen LogP contribution is -2.43. The Bertz CT molecular complexity index is 704. The Kier molecular flexibility index (Phi) is 6.83. The zero-order valence-electron chi connectivity index (χ0n) is 14.2. The summed E-state index contributed by atoms with van der Waals surface area (Å²) in [6.07, 6.45) is -0.118. The molecule has 2 rings (SSSR count). The number of hydrogen-bond acceptors (Lipinski definition) is 3. The van der Waals surface area contributed by atoms with E-state index in [0.29, 0.717) is 22.9 Å². The van der Waals surface area contributed by atoms with E-state index >= 15 is 0 Å². The summed E-state index contributed by atoms with van der Waals surface area (Å²) in [7, 11) is 1.58. The highest BCUT2D eigenvalue weighted by Crippen LogP contribution is 2.15. The van der Waals surface area contributed by atoms with Crippen LogP contribution in [-0.2, 0) is 9.59 Å². The second kappa shape index (κ2) is 9.08. The number of ether oxygens (including phenoxy) is 1. The highest BCUT2D eigenvalue weighted by molar-refractivity contribution is 6.30. The molecule has 0 aliphatic carbocycles. The van der Waals surface area contributed by atoms with Crippen molar-refractivity contribution < 1.29 is 14.3 Å². The Morgan fingerprint density at radius 3 is 2.36 bits per heavy atom. The number of anilines is 1. The fraction of sp³-hybridized carbons (Fsp3) is 0.263. The number of hydrogen-bond donors (Lipinski definition) is 1. The predicted octanol–water partition coefficient (Wildman–Crippen LogP) is 3.59. The molecule has 0 radical (unpaired) electrons. The van der Waals surface area contributed by atoms with Crippen LogP contribution in [0, 0.1) is 0 Å². The maximum Gasteiger partial charge on any atom is 0.263 e. The minimum absolute atomic E-state index is 0.0594.